The number of amides is 1. The van der Waals surface area contributed by atoms with Gasteiger partial charge >= 0.3 is 5.97 Å². The molecule has 1 amide bonds. The van der Waals surface area contributed by atoms with E-state index in [0.717, 1.165) is 48.7 Å². The number of carboxylic acid groups (broad SMARTS) is 1. The number of nitrogens with zero attached hydrogens (tertiary/aromatic N) is 1. The number of hydrogen-bond donors (Lipinski definition) is 2. The van der Waals surface area contributed by atoms with Gasteiger partial charge in [-0.1, -0.05) is 11.6 Å². The zero-order valence-corrected chi connectivity index (χ0v) is 12.1. The molecule has 0 saturated carbocycles. The van der Waals surface area contributed by atoms with Crippen LogP contribution >= 0.6 is 0 Å². The standard InChI is InChI=1S/C16H20N2O3/c1-11-5-7-13(12(10-11)6-8-15(19)20)18-9-3-2-4-14(18)16(17)21/h5-8,10,14H,2-4,9H2,1H3,(H2,17,21)(H,19,20)/b8-6+. The number of anilines is 1. The summed E-state index contributed by atoms with van der Waals surface area (Å²) in [6, 6.07) is 5.48. The first kappa shape index (κ1) is 15.1. The van der Waals surface area contributed by atoms with E-state index >= 15 is 0 Å². The number of carboxylic acids is 1. The van der Waals surface area contributed by atoms with Gasteiger partial charge in [0.05, 0.1) is 0 Å². The van der Waals surface area contributed by atoms with Crippen LogP contribution in [0.1, 0.15) is 30.4 Å². The van der Waals surface area contributed by atoms with Crippen LogP contribution in [0.15, 0.2) is 24.3 Å². The van der Waals surface area contributed by atoms with E-state index in [1.807, 2.05) is 30.0 Å². The third-order valence-electron chi connectivity index (χ3n) is 3.73. The lowest BCUT2D eigenvalue weighted by atomic mass is 9.98. The molecular weight excluding hydrogens is 268 g/mol. The summed E-state index contributed by atoms with van der Waals surface area (Å²) in [5, 5.41) is 8.81. The predicted molar refractivity (Wildman–Crippen MR) is 82.0 cm³/mol. The van der Waals surface area contributed by atoms with Gasteiger partial charge < -0.3 is 15.7 Å². The lowest BCUT2D eigenvalue weighted by molar-refractivity contribution is -0.131. The monoisotopic (exact) mass is 288 g/mol. The Morgan fingerprint density at radius 3 is 2.81 bits per heavy atom. The Kier molecular flexibility index (Phi) is 4.62. The first-order valence-electron chi connectivity index (χ1n) is 7.06. The highest BCUT2D eigenvalue weighted by Crippen LogP contribution is 2.29. The molecule has 1 aromatic rings. The molecule has 2 rings (SSSR count). The molecule has 0 spiro atoms. The molecule has 1 atom stereocenters. The highest BCUT2D eigenvalue weighted by atomic mass is 16.4. The third-order valence-corrected chi connectivity index (χ3v) is 3.73. The van der Waals surface area contributed by atoms with Crippen LogP contribution in [0.2, 0.25) is 0 Å². The van der Waals surface area contributed by atoms with Crippen molar-refractivity contribution in [1.82, 2.24) is 0 Å². The minimum Gasteiger partial charge on any atom is -0.478 e. The Bertz CT molecular complexity index is 581. The van der Waals surface area contributed by atoms with Gasteiger partial charge in [0.2, 0.25) is 5.91 Å². The molecule has 1 aliphatic rings. The molecule has 112 valence electrons. The molecule has 1 aromatic carbocycles. The number of nitrogens with two attached hydrogens (primary N) is 1. The van der Waals surface area contributed by atoms with Crippen molar-refractivity contribution >= 4 is 23.6 Å². The van der Waals surface area contributed by atoms with Crippen LogP contribution in [0.25, 0.3) is 6.08 Å². The molecule has 0 radical (unpaired) electrons. The van der Waals surface area contributed by atoms with Gasteiger partial charge in [-0.3, -0.25) is 4.79 Å². The van der Waals surface area contributed by atoms with Crippen LogP contribution in [-0.2, 0) is 9.59 Å². The van der Waals surface area contributed by atoms with Crippen molar-refractivity contribution in [2.45, 2.75) is 32.2 Å². The first-order valence-corrected chi connectivity index (χ1v) is 7.06. The number of piperidine rings is 1. The highest BCUT2D eigenvalue weighted by Gasteiger charge is 2.28. The summed E-state index contributed by atoms with van der Waals surface area (Å²) in [6.45, 7) is 2.70. The SMILES string of the molecule is Cc1ccc(N2CCCCC2C(N)=O)c(/C=C/C(=O)O)c1. The van der Waals surface area contributed by atoms with Crippen LogP contribution in [-0.4, -0.2) is 29.6 Å². The van der Waals surface area contributed by atoms with Crippen molar-refractivity contribution in [3.05, 3.63) is 35.4 Å². The minimum atomic E-state index is -0.993. The summed E-state index contributed by atoms with van der Waals surface area (Å²) in [5.74, 6) is -1.32. The Morgan fingerprint density at radius 1 is 1.38 bits per heavy atom. The first-order chi connectivity index (χ1) is 9.99. The number of rotatable bonds is 4. The second-order valence-corrected chi connectivity index (χ2v) is 5.34. The number of hydrogen-bond acceptors (Lipinski definition) is 3. The van der Waals surface area contributed by atoms with Crippen molar-refractivity contribution in [1.29, 1.82) is 0 Å². The van der Waals surface area contributed by atoms with Gasteiger partial charge in [0, 0.05) is 18.3 Å². The van der Waals surface area contributed by atoms with Crippen LogP contribution in [0.3, 0.4) is 0 Å². The van der Waals surface area contributed by atoms with Gasteiger partial charge in [-0.25, -0.2) is 4.79 Å². The molecule has 1 fully saturated rings. The second-order valence-electron chi connectivity index (χ2n) is 5.34. The number of aliphatic carboxylic acids is 1. The Labute approximate surface area is 124 Å². The molecule has 1 heterocycles. The third kappa shape index (κ3) is 3.62. The second kappa shape index (κ2) is 6.43. The van der Waals surface area contributed by atoms with E-state index in [2.05, 4.69) is 0 Å². The number of aryl methyl sites for hydroxylation is 1. The number of carbonyl (C=O) groups is 2. The van der Waals surface area contributed by atoms with E-state index in [0.29, 0.717) is 0 Å². The largest absolute Gasteiger partial charge is 0.478 e. The molecular formula is C16H20N2O3. The maximum Gasteiger partial charge on any atom is 0.328 e. The lowest BCUT2D eigenvalue weighted by Crippen LogP contribution is -2.48. The van der Waals surface area contributed by atoms with Crippen molar-refractivity contribution in [2.75, 3.05) is 11.4 Å². The zero-order valence-electron chi connectivity index (χ0n) is 12.1. The minimum absolute atomic E-state index is 0.321. The Balaban J connectivity index is 2.41. The summed E-state index contributed by atoms with van der Waals surface area (Å²) in [6.07, 6.45) is 5.40. The molecule has 5 nitrogen and oxygen atoms in total. The van der Waals surface area contributed by atoms with Crippen molar-refractivity contribution < 1.29 is 14.7 Å². The van der Waals surface area contributed by atoms with E-state index < -0.39 is 5.97 Å². The van der Waals surface area contributed by atoms with Crippen LogP contribution in [0.4, 0.5) is 5.69 Å². The normalized spacial score (nSPS) is 18.9. The summed E-state index contributed by atoms with van der Waals surface area (Å²) in [5.41, 5.74) is 8.20. The van der Waals surface area contributed by atoms with Gasteiger partial charge in [0.25, 0.3) is 0 Å². The predicted octanol–water partition coefficient (Wildman–Crippen LogP) is 1.94. The van der Waals surface area contributed by atoms with Gasteiger partial charge in [-0.15, -0.1) is 0 Å². The zero-order chi connectivity index (χ0) is 15.4. The van der Waals surface area contributed by atoms with E-state index in [1.54, 1.807) is 6.08 Å². The van der Waals surface area contributed by atoms with Crippen molar-refractivity contribution in [2.24, 2.45) is 5.73 Å². The highest BCUT2D eigenvalue weighted by molar-refractivity contribution is 5.89. The van der Waals surface area contributed by atoms with Gasteiger partial charge in [-0.2, -0.15) is 0 Å². The summed E-state index contributed by atoms with van der Waals surface area (Å²) in [4.78, 5) is 24.4. The maximum absolute atomic E-state index is 11.7. The maximum atomic E-state index is 11.7. The fourth-order valence-corrected chi connectivity index (χ4v) is 2.75. The Morgan fingerprint density at radius 2 is 2.14 bits per heavy atom. The van der Waals surface area contributed by atoms with E-state index in [4.69, 9.17) is 10.8 Å². The molecule has 0 aliphatic carbocycles. The average molecular weight is 288 g/mol. The fraction of sp³-hybridized carbons (Fsp3) is 0.375. The summed E-state index contributed by atoms with van der Waals surface area (Å²) < 4.78 is 0. The van der Waals surface area contributed by atoms with Crippen LogP contribution in [0, 0.1) is 6.92 Å². The van der Waals surface area contributed by atoms with Gasteiger partial charge in [0.1, 0.15) is 6.04 Å². The lowest BCUT2D eigenvalue weighted by Gasteiger charge is -2.36. The molecule has 1 saturated heterocycles. The molecule has 5 heteroatoms. The van der Waals surface area contributed by atoms with Crippen LogP contribution < -0.4 is 10.6 Å². The van der Waals surface area contributed by atoms with E-state index in [9.17, 15) is 9.59 Å². The number of carbonyl (C=O) groups excluding carboxylic acids is 1. The number of benzene rings is 1. The summed E-state index contributed by atoms with van der Waals surface area (Å²) >= 11 is 0. The van der Waals surface area contributed by atoms with Crippen molar-refractivity contribution in [3.8, 4) is 0 Å². The van der Waals surface area contributed by atoms with E-state index in [-0.39, 0.29) is 11.9 Å². The quantitative estimate of drug-likeness (QED) is 0.829. The van der Waals surface area contributed by atoms with Crippen LogP contribution in [0.5, 0.6) is 0 Å². The molecule has 1 aliphatic heterocycles. The molecule has 0 bridgehead atoms. The van der Waals surface area contributed by atoms with E-state index in [1.165, 1.54) is 0 Å². The average Bonchev–Trinajstić information content (AvgIpc) is 2.45. The molecule has 3 N–H and O–H groups in total. The Hall–Kier alpha value is -2.30. The molecule has 1 unspecified atom stereocenters. The molecule has 21 heavy (non-hydrogen) atoms. The van der Waals surface area contributed by atoms with Gasteiger partial charge in [0.15, 0.2) is 0 Å². The number of primary amides is 1. The van der Waals surface area contributed by atoms with Crippen molar-refractivity contribution in [3.63, 3.8) is 0 Å². The van der Waals surface area contributed by atoms with Gasteiger partial charge in [-0.05, 0) is 50.0 Å². The molecule has 0 aromatic heterocycles. The summed E-state index contributed by atoms with van der Waals surface area (Å²) in [7, 11) is 0. The smallest absolute Gasteiger partial charge is 0.328 e. The fourth-order valence-electron chi connectivity index (χ4n) is 2.75. The topological polar surface area (TPSA) is 83.6 Å².